The van der Waals surface area contributed by atoms with Gasteiger partial charge in [-0.2, -0.15) is 0 Å². The van der Waals surface area contributed by atoms with E-state index in [2.05, 4.69) is 36.5 Å². The van der Waals surface area contributed by atoms with Crippen molar-refractivity contribution in [2.75, 3.05) is 46.2 Å². The highest BCUT2D eigenvalue weighted by atomic mass is 16.6. The quantitative estimate of drug-likeness (QED) is 0.0897. The highest BCUT2D eigenvalue weighted by molar-refractivity contribution is 5.79. The maximum Gasteiger partial charge on any atom is 0.407 e. The van der Waals surface area contributed by atoms with Gasteiger partial charge < -0.3 is 24.3 Å². The van der Waals surface area contributed by atoms with Gasteiger partial charge in [-0.25, -0.2) is 4.79 Å². The molecule has 0 unspecified atom stereocenters. The summed E-state index contributed by atoms with van der Waals surface area (Å²) in [5.41, 5.74) is 4.79. The van der Waals surface area contributed by atoms with Crippen molar-refractivity contribution in [3.8, 4) is 11.1 Å². The van der Waals surface area contributed by atoms with E-state index >= 15 is 0 Å². The minimum absolute atomic E-state index is 0.0417. The number of amides is 1. The van der Waals surface area contributed by atoms with Crippen molar-refractivity contribution in [2.24, 2.45) is 0 Å². The second kappa shape index (κ2) is 22.6. The van der Waals surface area contributed by atoms with E-state index < -0.39 is 6.09 Å². The number of fused-ring (bicyclic) bond motifs is 3. The molecule has 1 aliphatic rings. The van der Waals surface area contributed by atoms with E-state index in [0.29, 0.717) is 46.0 Å². The summed E-state index contributed by atoms with van der Waals surface area (Å²) in [4.78, 5) is 24.1. The van der Waals surface area contributed by atoms with Crippen LogP contribution in [0.2, 0.25) is 0 Å². The Bertz CT molecular complexity index is 1030. The maximum atomic E-state index is 12.2. The fraction of sp³-hybridized carbons (Fsp3) is 0.622. The molecule has 0 fully saturated rings. The van der Waals surface area contributed by atoms with Gasteiger partial charge in [0.25, 0.3) is 0 Å². The van der Waals surface area contributed by atoms with Crippen molar-refractivity contribution in [3.05, 3.63) is 59.7 Å². The van der Waals surface area contributed by atoms with Crippen LogP contribution in [0.5, 0.6) is 0 Å². The Morgan fingerprint density at radius 2 is 1.11 bits per heavy atom. The second-order valence-corrected chi connectivity index (χ2v) is 11.7. The van der Waals surface area contributed by atoms with Crippen molar-refractivity contribution in [1.29, 1.82) is 0 Å². The lowest BCUT2D eigenvalue weighted by Gasteiger charge is -2.14. The molecule has 1 N–H and O–H groups in total. The first-order valence-electron chi connectivity index (χ1n) is 17.1. The van der Waals surface area contributed by atoms with Gasteiger partial charge >= 0.3 is 12.1 Å². The third-order valence-corrected chi connectivity index (χ3v) is 8.21. The van der Waals surface area contributed by atoms with Crippen LogP contribution >= 0.6 is 0 Å². The van der Waals surface area contributed by atoms with Gasteiger partial charge in [0.15, 0.2) is 0 Å². The Morgan fingerprint density at radius 3 is 1.70 bits per heavy atom. The molecule has 1 aliphatic carbocycles. The molecule has 0 atom stereocenters. The standard InChI is InChI=1S/C37H55NO6/c1-2-3-4-5-6-7-8-9-10-11-12-13-14-23-36(39)43-29-28-42-27-26-41-25-24-38-37(40)44-30-35-33-21-17-15-19-31(33)32-20-16-18-22-34(32)35/h15-22,35H,2-14,23-30H2,1H3,(H,38,40). The fourth-order valence-electron chi connectivity index (χ4n) is 5.77. The summed E-state index contributed by atoms with van der Waals surface area (Å²) in [6.07, 6.45) is 16.8. The number of rotatable bonds is 25. The summed E-state index contributed by atoms with van der Waals surface area (Å²) in [5.74, 6) is -0.104. The number of nitrogens with one attached hydrogen (secondary N) is 1. The predicted molar refractivity (Wildman–Crippen MR) is 176 cm³/mol. The molecule has 2 aromatic carbocycles. The summed E-state index contributed by atoms with van der Waals surface area (Å²) in [7, 11) is 0. The van der Waals surface area contributed by atoms with E-state index in [9.17, 15) is 9.59 Å². The molecule has 0 radical (unpaired) electrons. The predicted octanol–water partition coefficient (Wildman–Crippen LogP) is 8.58. The molecular weight excluding hydrogens is 554 g/mol. The number of unbranched alkanes of at least 4 members (excludes halogenated alkanes) is 12. The van der Waals surface area contributed by atoms with Gasteiger partial charge in [-0.3, -0.25) is 4.79 Å². The van der Waals surface area contributed by atoms with Crippen LogP contribution in [0.15, 0.2) is 48.5 Å². The molecule has 3 rings (SSSR count). The van der Waals surface area contributed by atoms with E-state index in [1.165, 1.54) is 92.9 Å². The minimum Gasteiger partial charge on any atom is -0.463 e. The van der Waals surface area contributed by atoms with Crippen molar-refractivity contribution in [3.63, 3.8) is 0 Å². The van der Waals surface area contributed by atoms with E-state index in [1.807, 2.05) is 24.3 Å². The number of benzene rings is 2. The molecule has 0 saturated heterocycles. The van der Waals surface area contributed by atoms with Gasteiger partial charge in [-0.05, 0) is 28.7 Å². The minimum atomic E-state index is -0.452. The molecule has 0 saturated carbocycles. The Balaban J connectivity index is 1.06. The molecule has 0 aromatic heterocycles. The summed E-state index contributed by atoms with van der Waals surface area (Å²) >= 11 is 0. The van der Waals surface area contributed by atoms with Crippen molar-refractivity contribution >= 4 is 12.1 Å². The highest BCUT2D eigenvalue weighted by Crippen LogP contribution is 2.44. The van der Waals surface area contributed by atoms with Crippen LogP contribution in [0.25, 0.3) is 11.1 Å². The van der Waals surface area contributed by atoms with E-state index in [-0.39, 0.29) is 18.5 Å². The van der Waals surface area contributed by atoms with Gasteiger partial charge in [0.2, 0.25) is 0 Å². The highest BCUT2D eigenvalue weighted by Gasteiger charge is 2.28. The number of carbonyl (C=O) groups is 2. The van der Waals surface area contributed by atoms with Crippen LogP contribution in [0.1, 0.15) is 114 Å². The lowest BCUT2D eigenvalue weighted by Crippen LogP contribution is -2.29. The molecule has 1 amide bonds. The number of esters is 1. The van der Waals surface area contributed by atoms with Crippen LogP contribution in [-0.2, 0) is 23.7 Å². The maximum absolute atomic E-state index is 12.2. The Hall–Kier alpha value is -2.90. The number of hydrogen-bond donors (Lipinski definition) is 1. The zero-order valence-electron chi connectivity index (χ0n) is 27.0. The van der Waals surface area contributed by atoms with Crippen LogP contribution in [-0.4, -0.2) is 58.2 Å². The lowest BCUT2D eigenvalue weighted by molar-refractivity contribution is -0.145. The van der Waals surface area contributed by atoms with Gasteiger partial charge in [-0.15, -0.1) is 0 Å². The van der Waals surface area contributed by atoms with E-state index in [4.69, 9.17) is 18.9 Å². The normalized spacial score (nSPS) is 12.1. The smallest absolute Gasteiger partial charge is 0.407 e. The third kappa shape index (κ3) is 13.8. The van der Waals surface area contributed by atoms with Crippen molar-refractivity contribution in [1.82, 2.24) is 5.32 Å². The Labute approximate surface area is 265 Å². The molecule has 2 aromatic rings. The van der Waals surface area contributed by atoms with E-state index in [1.54, 1.807) is 0 Å². The van der Waals surface area contributed by atoms with E-state index in [0.717, 1.165) is 12.8 Å². The molecule has 44 heavy (non-hydrogen) atoms. The van der Waals surface area contributed by atoms with Crippen LogP contribution in [0.3, 0.4) is 0 Å². The molecule has 0 spiro atoms. The summed E-state index contributed by atoms with van der Waals surface area (Å²) in [6.45, 7) is 4.69. The first kappa shape index (κ1) is 35.6. The lowest BCUT2D eigenvalue weighted by atomic mass is 9.98. The number of hydrogen-bond acceptors (Lipinski definition) is 6. The second-order valence-electron chi connectivity index (χ2n) is 11.7. The monoisotopic (exact) mass is 609 g/mol. The van der Waals surface area contributed by atoms with Gasteiger partial charge in [-0.1, -0.05) is 133 Å². The average molecular weight is 610 g/mol. The zero-order valence-corrected chi connectivity index (χ0v) is 27.0. The third-order valence-electron chi connectivity index (χ3n) is 8.21. The number of carbonyl (C=O) groups excluding carboxylic acids is 2. The zero-order chi connectivity index (χ0) is 31.1. The Kier molecular flexibility index (Phi) is 18.3. The van der Waals surface area contributed by atoms with Crippen LogP contribution in [0, 0.1) is 0 Å². The average Bonchev–Trinajstić information content (AvgIpc) is 3.36. The van der Waals surface area contributed by atoms with Crippen molar-refractivity contribution < 1.29 is 28.5 Å². The topological polar surface area (TPSA) is 83.1 Å². The molecule has 0 aliphatic heterocycles. The first-order valence-corrected chi connectivity index (χ1v) is 17.1. The first-order chi connectivity index (χ1) is 21.7. The molecule has 0 bridgehead atoms. The van der Waals surface area contributed by atoms with Crippen LogP contribution in [0.4, 0.5) is 4.79 Å². The molecular formula is C37H55NO6. The van der Waals surface area contributed by atoms with Gasteiger partial charge in [0.1, 0.15) is 13.2 Å². The fourth-order valence-corrected chi connectivity index (χ4v) is 5.77. The summed E-state index contributed by atoms with van der Waals surface area (Å²) in [5, 5.41) is 2.74. The molecule has 7 heteroatoms. The number of ether oxygens (including phenoxy) is 4. The SMILES string of the molecule is CCCCCCCCCCCCCCCC(=O)OCCOCCOCCNC(=O)OCC1c2ccccc2-c2ccccc21. The number of alkyl carbamates (subject to hydrolysis) is 1. The molecule has 7 nitrogen and oxygen atoms in total. The van der Waals surface area contributed by atoms with Gasteiger partial charge in [0.05, 0.1) is 26.4 Å². The summed E-state index contributed by atoms with van der Waals surface area (Å²) < 4.78 is 21.8. The molecule has 0 heterocycles. The van der Waals surface area contributed by atoms with Gasteiger partial charge in [0, 0.05) is 18.9 Å². The van der Waals surface area contributed by atoms with Crippen molar-refractivity contribution in [2.45, 2.75) is 103 Å². The summed E-state index contributed by atoms with van der Waals surface area (Å²) in [6, 6.07) is 16.5. The Morgan fingerprint density at radius 1 is 0.614 bits per heavy atom. The van der Waals surface area contributed by atoms with Crippen LogP contribution < -0.4 is 5.32 Å². The largest absolute Gasteiger partial charge is 0.463 e. The molecule has 244 valence electrons.